The van der Waals surface area contributed by atoms with Crippen molar-refractivity contribution in [2.24, 2.45) is 5.92 Å². The van der Waals surface area contributed by atoms with Crippen molar-refractivity contribution >= 4 is 18.0 Å². The number of aliphatic carboxylic acids is 1. The van der Waals surface area contributed by atoms with Crippen molar-refractivity contribution in [1.29, 1.82) is 0 Å². The molecule has 3 atom stereocenters. The Labute approximate surface area is 194 Å². The number of carboxylic acids is 1. The van der Waals surface area contributed by atoms with Crippen molar-refractivity contribution in [3.05, 3.63) is 59.7 Å². The van der Waals surface area contributed by atoms with Crippen LogP contribution in [0.3, 0.4) is 0 Å². The second kappa shape index (κ2) is 10.2. The predicted molar refractivity (Wildman–Crippen MR) is 116 cm³/mol. The highest BCUT2D eigenvalue weighted by atomic mass is 19.3. The van der Waals surface area contributed by atoms with Crippen LogP contribution in [0.4, 0.5) is 13.6 Å². The van der Waals surface area contributed by atoms with E-state index in [0.29, 0.717) is 0 Å². The molecule has 4 rings (SSSR count). The van der Waals surface area contributed by atoms with Crippen molar-refractivity contribution in [2.75, 3.05) is 19.8 Å². The Morgan fingerprint density at radius 3 is 2.24 bits per heavy atom. The number of nitrogens with one attached hydrogen (secondary N) is 2. The molecule has 2 aromatic carbocycles. The quantitative estimate of drug-likeness (QED) is 0.542. The highest BCUT2D eigenvalue weighted by molar-refractivity contribution is 5.86. The lowest BCUT2D eigenvalue weighted by Gasteiger charge is -2.21. The smallest absolute Gasteiger partial charge is 0.407 e. The molecule has 3 unspecified atom stereocenters. The first kappa shape index (κ1) is 23.6. The number of ether oxygens (including phenoxy) is 2. The summed E-state index contributed by atoms with van der Waals surface area (Å²) in [7, 11) is 0. The summed E-state index contributed by atoms with van der Waals surface area (Å²) in [6.45, 7) is 0.00974. The fourth-order valence-electron chi connectivity index (χ4n) is 4.42. The van der Waals surface area contributed by atoms with Gasteiger partial charge in [0.25, 0.3) is 0 Å². The van der Waals surface area contributed by atoms with Crippen molar-refractivity contribution in [3.63, 3.8) is 0 Å². The number of hydrogen-bond donors (Lipinski definition) is 3. The van der Waals surface area contributed by atoms with Gasteiger partial charge in [0.2, 0.25) is 12.3 Å². The molecule has 1 fully saturated rings. The molecule has 1 aliphatic carbocycles. The molecule has 3 N–H and O–H groups in total. The Balaban J connectivity index is 1.36. The van der Waals surface area contributed by atoms with Crippen LogP contribution in [-0.2, 0) is 19.1 Å². The van der Waals surface area contributed by atoms with E-state index >= 15 is 0 Å². The molecule has 2 aliphatic rings. The number of alkyl carbamates (subject to hydrolysis) is 1. The summed E-state index contributed by atoms with van der Waals surface area (Å²) < 4.78 is 35.9. The summed E-state index contributed by atoms with van der Waals surface area (Å²) in [5, 5.41) is 13.8. The SMILES string of the molecule is O=C(NC1COCC1C(=O)NC(CC(F)F)C(=O)O)OCC1c2ccccc2-c2ccccc21. The van der Waals surface area contributed by atoms with Gasteiger partial charge in [0.1, 0.15) is 12.6 Å². The monoisotopic (exact) mass is 474 g/mol. The molecule has 2 aromatic rings. The van der Waals surface area contributed by atoms with Crippen LogP contribution in [-0.4, -0.2) is 61.4 Å². The number of carbonyl (C=O) groups is 3. The molecule has 1 heterocycles. The van der Waals surface area contributed by atoms with Crippen molar-refractivity contribution in [1.82, 2.24) is 10.6 Å². The number of benzene rings is 2. The van der Waals surface area contributed by atoms with Gasteiger partial charge in [-0.15, -0.1) is 0 Å². The maximum atomic E-state index is 12.6. The van der Waals surface area contributed by atoms with Gasteiger partial charge < -0.3 is 25.2 Å². The maximum absolute atomic E-state index is 12.6. The summed E-state index contributed by atoms with van der Waals surface area (Å²) in [5.74, 6) is -3.41. The van der Waals surface area contributed by atoms with Gasteiger partial charge in [-0.1, -0.05) is 48.5 Å². The minimum atomic E-state index is -2.89. The van der Waals surface area contributed by atoms with E-state index in [0.717, 1.165) is 22.3 Å². The van der Waals surface area contributed by atoms with Crippen LogP contribution in [0.25, 0.3) is 11.1 Å². The normalized spacial score (nSPS) is 19.9. The molecule has 2 amide bonds. The van der Waals surface area contributed by atoms with E-state index in [2.05, 4.69) is 10.6 Å². The van der Waals surface area contributed by atoms with E-state index in [1.165, 1.54) is 0 Å². The minimum absolute atomic E-state index is 0.00880. The topological polar surface area (TPSA) is 114 Å². The lowest BCUT2D eigenvalue weighted by molar-refractivity contribution is -0.143. The number of fused-ring (bicyclic) bond motifs is 3. The van der Waals surface area contributed by atoms with Gasteiger partial charge in [-0.3, -0.25) is 4.79 Å². The van der Waals surface area contributed by atoms with Crippen LogP contribution >= 0.6 is 0 Å². The maximum Gasteiger partial charge on any atom is 0.407 e. The zero-order valence-electron chi connectivity index (χ0n) is 18.1. The van der Waals surface area contributed by atoms with E-state index in [9.17, 15) is 23.2 Å². The number of rotatable bonds is 8. The summed E-state index contributed by atoms with van der Waals surface area (Å²) in [6, 6.07) is 13.3. The van der Waals surface area contributed by atoms with Crippen molar-refractivity contribution in [3.8, 4) is 11.1 Å². The molecule has 0 aromatic heterocycles. The molecule has 0 spiro atoms. The largest absolute Gasteiger partial charge is 0.480 e. The Hall–Kier alpha value is -3.53. The van der Waals surface area contributed by atoms with E-state index in [1.54, 1.807) is 0 Å². The molecule has 180 valence electrons. The zero-order valence-corrected chi connectivity index (χ0v) is 18.1. The molecule has 0 radical (unpaired) electrons. The number of hydrogen-bond acceptors (Lipinski definition) is 5. The van der Waals surface area contributed by atoms with Gasteiger partial charge in [-0.2, -0.15) is 0 Å². The van der Waals surface area contributed by atoms with Gasteiger partial charge >= 0.3 is 12.1 Å². The third-order valence-corrected chi connectivity index (χ3v) is 6.09. The van der Waals surface area contributed by atoms with Crippen LogP contribution in [0.2, 0.25) is 0 Å². The zero-order chi connectivity index (χ0) is 24.2. The van der Waals surface area contributed by atoms with Crippen LogP contribution in [0.15, 0.2) is 48.5 Å². The summed E-state index contributed by atoms with van der Waals surface area (Å²) in [4.78, 5) is 36.2. The molecule has 34 heavy (non-hydrogen) atoms. The second-order valence-electron chi connectivity index (χ2n) is 8.25. The number of halogens is 2. The number of amides is 2. The number of carboxylic acid groups (broad SMARTS) is 1. The Morgan fingerprint density at radius 2 is 1.65 bits per heavy atom. The average Bonchev–Trinajstić information content (AvgIpc) is 3.39. The fraction of sp³-hybridized carbons (Fsp3) is 0.375. The van der Waals surface area contributed by atoms with E-state index < -0.39 is 48.8 Å². The first-order valence-electron chi connectivity index (χ1n) is 10.9. The van der Waals surface area contributed by atoms with Crippen LogP contribution in [0, 0.1) is 5.92 Å². The van der Waals surface area contributed by atoms with Crippen molar-refractivity contribution in [2.45, 2.75) is 30.8 Å². The number of alkyl halides is 2. The Morgan fingerprint density at radius 1 is 1.03 bits per heavy atom. The third-order valence-electron chi connectivity index (χ3n) is 6.09. The van der Waals surface area contributed by atoms with Gasteiger partial charge in [0, 0.05) is 12.3 Å². The van der Waals surface area contributed by atoms with E-state index in [-0.39, 0.29) is 25.7 Å². The molecule has 0 bridgehead atoms. The molecular weight excluding hydrogens is 450 g/mol. The summed E-state index contributed by atoms with van der Waals surface area (Å²) in [6.07, 6.45) is -4.66. The highest BCUT2D eigenvalue weighted by Gasteiger charge is 2.38. The van der Waals surface area contributed by atoms with Crippen LogP contribution < -0.4 is 10.6 Å². The first-order chi connectivity index (χ1) is 16.3. The van der Waals surface area contributed by atoms with Crippen molar-refractivity contribution < 1.29 is 37.7 Å². The van der Waals surface area contributed by atoms with Gasteiger partial charge in [-0.05, 0) is 22.3 Å². The molecule has 1 aliphatic heterocycles. The summed E-state index contributed by atoms with van der Waals surface area (Å²) >= 11 is 0. The van der Waals surface area contributed by atoms with Crippen LogP contribution in [0.1, 0.15) is 23.5 Å². The first-order valence-corrected chi connectivity index (χ1v) is 10.9. The molecule has 10 heteroatoms. The lowest BCUT2D eigenvalue weighted by atomic mass is 9.98. The molecule has 1 saturated heterocycles. The molecular formula is C24H24F2N2O6. The average molecular weight is 474 g/mol. The standard InChI is InChI=1S/C24H24F2N2O6/c25-21(26)9-19(23(30)31)27-22(29)18-10-33-12-20(18)28-24(32)34-11-17-15-7-3-1-5-13(15)14-6-2-4-8-16(14)17/h1-8,17-21H,9-12H2,(H,27,29)(H,28,32)(H,30,31). The molecule has 8 nitrogen and oxygen atoms in total. The highest BCUT2D eigenvalue weighted by Crippen LogP contribution is 2.44. The Bertz CT molecular complexity index is 1030. The van der Waals surface area contributed by atoms with E-state index in [4.69, 9.17) is 14.6 Å². The summed E-state index contributed by atoms with van der Waals surface area (Å²) in [5.41, 5.74) is 4.28. The lowest BCUT2D eigenvalue weighted by Crippen LogP contribution is -2.50. The van der Waals surface area contributed by atoms with Crippen LogP contribution in [0.5, 0.6) is 0 Å². The van der Waals surface area contributed by atoms with Gasteiger partial charge in [0.15, 0.2) is 0 Å². The van der Waals surface area contributed by atoms with E-state index in [1.807, 2.05) is 48.5 Å². The van der Waals surface area contributed by atoms with Gasteiger partial charge in [-0.25, -0.2) is 18.4 Å². The fourth-order valence-corrected chi connectivity index (χ4v) is 4.42. The predicted octanol–water partition coefficient (Wildman–Crippen LogP) is 2.76. The second-order valence-corrected chi connectivity index (χ2v) is 8.25. The van der Waals surface area contributed by atoms with Gasteiger partial charge in [0.05, 0.1) is 25.2 Å². The Kier molecular flexibility index (Phi) is 7.06. The molecule has 0 saturated carbocycles. The minimum Gasteiger partial charge on any atom is -0.480 e. The number of carbonyl (C=O) groups excluding carboxylic acids is 2. The third kappa shape index (κ3) is 5.01.